The van der Waals surface area contributed by atoms with Gasteiger partial charge in [-0.1, -0.05) is 35.5 Å². The lowest BCUT2D eigenvalue weighted by Gasteiger charge is -2.47. The smallest absolute Gasteiger partial charge is 0.0376 e. The first kappa shape index (κ1) is 17.8. The molecule has 5 aliphatic rings. The van der Waals surface area contributed by atoms with Gasteiger partial charge < -0.3 is 0 Å². The van der Waals surface area contributed by atoms with E-state index in [1.54, 1.807) is 16.7 Å². The first-order valence-corrected chi connectivity index (χ1v) is 11.9. The molecular formula is C27H36. The monoisotopic (exact) mass is 360 g/mol. The minimum atomic E-state index is 0.282. The highest BCUT2D eigenvalue weighted by Gasteiger charge is 2.46. The molecule has 0 nitrogen and oxygen atoms in total. The molecule has 0 bridgehead atoms. The van der Waals surface area contributed by atoms with Crippen molar-refractivity contribution >= 4 is 0 Å². The highest BCUT2D eigenvalue weighted by atomic mass is 14.5. The van der Waals surface area contributed by atoms with E-state index in [1.165, 1.54) is 103 Å². The van der Waals surface area contributed by atoms with Crippen LogP contribution in [0.5, 0.6) is 0 Å². The summed E-state index contributed by atoms with van der Waals surface area (Å²) in [4.78, 5) is 0. The second kappa shape index (κ2) is 7.61. The molecule has 0 saturated heterocycles. The van der Waals surface area contributed by atoms with E-state index in [2.05, 4.69) is 24.3 Å². The average molecular weight is 361 g/mol. The van der Waals surface area contributed by atoms with Crippen LogP contribution in [-0.4, -0.2) is 0 Å². The Hall–Kier alpha value is -1.30. The highest BCUT2D eigenvalue weighted by Crippen LogP contribution is 2.60. The van der Waals surface area contributed by atoms with Crippen LogP contribution in [0.3, 0.4) is 0 Å². The summed E-state index contributed by atoms with van der Waals surface area (Å²) in [6.45, 7) is 0. The molecule has 0 saturated carbocycles. The van der Waals surface area contributed by atoms with Crippen molar-refractivity contribution in [1.82, 2.24) is 0 Å². The van der Waals surface area contributed by atoms with Gasteiger partial charge in [-0.3, -0.25) is 0 Å². The van der Waals surface area contributed by atoms with Gasteiger partial charge in [-0.25, -0.2) is 0 Å². The Kier molecular flexibility index (Phi) is 5.01. The SMILES string of the molecule is C1=C(C2=C(C3=CCCC3)C(C3=CCCC3)(C3=CCCCC3)CCC2)CCC1. The normalized spacial score (nSPS) is 31.7. The molecule has 1 atom stereocenters. The van der Waals surface area contributed by atoms with Crippen molar-refractivity contribution in [3.63, 3.8) is 0 Å². The molecule has 5 aliphatic carbocycles. The molecule has 0 heterocycles. The molecule has 0 aromatic carbocycles. The zero-order valence-corrected chi connectivity index (χ0v) is 17.1. The maximum Gasteiger partial charge on any atom is 0.0376 e. The van der Waals surface area contributed by atoms with Gasteiger partial charge in [0.05, 0.1) is 0 Å². The van der Waals surface area contributed by atoms with Crippen LogP contribution >= 0.6 is 0 Å². The van der Waals surface area contributed by atoms with E-state index in [-0.39, 0.29) is 5.41 Å². The van der Waals surface area contributed by atoms with Gasteiger partial charge in [0, 0.05) is 5.41 Å². The van der Waals surface area contributed by atoms with Crippen LogP contribution in [0.2, 0.25) is 0 Å². The third kappa shape index (κ3) is 3.04. The van der Waals surface area contributed by atoms with Gasteiger partial charge in [0.1, 0.15) is 0 Å². The van der Waals surface area contributed by atoms with E-state index < -0.39 is 0 Å². The summed E-state index contributed by atoms with van der Waals surface area (Å²) < 4.78 is 0. The van der Waals surface area contributed by atoms with Crippen molar-refractivity contribution < 1.29 is 0 Å². The molecule has 5 rings (SSSR count). The molecule has 0 aromatic heterocycles. The van der Waals surface area contributed by atoms with E-state index in [1.807, 2.05) is 16.7 Å². The molecule has 1 unspecified atom stereocenters. The van der Waals surface area contributed by atoms with Crippen molar-refractivity contribution in [3.05, 3.63) is 57.7 Å². The third-order valence-electron chi connectivity index (χ3n) is 7.93. The molecule has 0 radical (unpaired) electrons. The molecule has 0 N–H and O–H groups in total. The topological polar surface area (TPSA) is 0 Å². The Bertz CT molecular complexity index is 751. The summed E-state index contributed by atoms with van der Waals surface area (Å²) in [5, 5.41) is 0. The van der Waals surface area contributed by atoms with E-state index in [9.17, 15) is 0 Å². The predicted octanol–water partition coefficient (Wildman–Crippen LogP) is 8.28. The number of allylic oxidation sites excluding steroid dienone is 10. The molecule has 0 spiro atoms. The lowest BCUT2D eigenvalue weighted by atomic mass is 9.57. The summed E-state index contributed by atoms with van der Waals surface area (Å²) in [5.74, 6) is 0. The second-order valence-corrected chi connectivity index (χ2v) is 9.45. The maximum absolute atomic E-state index is 2.68. The number of hydrogen-bond donors (Lipinski definition) is 0. The summed E-state index contributed by atoms with van der Waals surface area (Å²) >= 11 is 0. The van der Waals surface area contributed by atoms with Crippen LogP contribution in [0.1, 0.15) is 103 Å². The van der Waals surface area contributed by atoms with Crippen LogP contribution in [0.25, 0.3) is 0 Å². The third-order valence-corrected chi connectivity index (χ3v) is 7.93. The van der Waals surface area contributed by atoms with Crippen LogP contribution in [0.15, 0.2) is 57.7 Å². The number of rotatable bonds is 4. The van der Waals surface area contributed by atoms with Crippen molar-refractivity contribution in [2.45, 2.75) is 103 Å². The fourth-order valence-corrected chi connectivity index (χ4v) is 6.80. The van der Waals surface area contributed by atoms with Gasteiger partial charge in [0.2, 0.25) is 0 Å². The van der Waals surface area contributed by atoms with Crippen LogP contribution in [0, 0.1) is 5.41 Å². The van der Waals surface area contributed by atoms with Crippen LogP contribution < -0.4 is 0 Å². The summed E-state index contributed by atoms with van der Waals surface area (Å²) in [6, 6.07) is 0. The molecule has 0 aromatic rings. The Morgan fingerprint density at radius 3 is 1.78 bits per heavy atom. The molecule has 0 aliphatic heterocycles. The highest BCUT2D eigenvalue weighted by molar-refractivity contribution is 5.59. The second-order valence-electron chi connectivity index (χ2n) is 9.45. The van der Waals surface area contributed by atoms with Crippen molar-refractivity contribution in [2.75, 3.05) is 0 Å². The Labute approximate surface area is 166 Å². The van der Waals surface area contributed by atoms with Crippen LogP contribution in [0.4, 0.5) is 0 Å². The summed E-state index contributed by atoms with van der Waals surface area (Å²) in [7, 11) is 0. The quantitative estimate of drug-likeness (QED) is 0.442. The zero-order valence-electron chi connectivity index (χ0n) is 17.1. The Morgan fingerprint density at radius 1 is 0.519 bits per heavy atom. The van der Waals surface area contributed by atoms with E-state index >= 15 is 0 Å². The van der Waals surface area contributed by atoms with Crippen molar-refractivity contribution in [3.8, 4) is 0 Å². The Morgan fingerprint density at radius 2 is 1.15 bits per heavy atom. The largest absolute Gasteiger partial charge is 0.0841 e. The summed E-state index contributed by atoms with van der Waals surface area (Å²) in [6.07, 6.45) is 32.2. The zero-order chi connectivity index (χ0) is 18.1. The van der Waals surface area contributed by atoms with E-state index in [4.69, 9.17) is 0 Å². The van der Waals surface area contributed by atoms with E-state index in [0.717, 1.165) is 0 Å². The fraction of sp³-hybridized carbons (Fsp3) is 0.630. The minimum Gasteiger partial charge on any atom is -0.0841 e. The average Bonchev–Trinajstić information content (AvgIpc) is 3.51. The molecule has 27 heavy (non-hydrogen) atoms. The summed E-state index contributed by atoms with van der Waals surface area (Å²) in [5.41, 5.74) is 11.0. The van der Waals surface area contributed by atoms with Gasteiger partial charge in [-0.2, -0.15) is 0 Å². The molecule has 0 fully saturated rings. The lowest BCUT2D eigenvalue weighted by Crippen LogP contribution is -2.34. The van der Waals surface area contributed by atoms with Crippen molar-refractivity contribution in [1.29, 1.82) is 0 Å². The van der Waals surface area contributed by atoms with Gasteiger partial charge in [-0.05, 0) is 125 Å². The standard InChI is InChI=1S/C27H36/c1-2-15-23(16-3-1)27(24-17-8-9-18-24)20-10-19-25(21-11-4-5-12-21)26(27)22-13-6-7-14-22/h11,13,15,17H,1-10,12,14,16,18-20H2. The molecular weight excluding hydrogens is 324 g/mol. The van der Waals surface area contributed by atoms with Gasteiger partial charge in [0.25, 0.3) is 0 Å². The predicted molar refractivity (Wildman–Crippen MR) is 116 cm³/mol. The van der Waals surface area contributed by atoms with Gasteiger partial charge >= 0.3 is 0 Å². The molecule has 0 amide bonds. The molecule has 144 valence electrons. The fourth-order valence-electron chi connectivity index (χ4n) is 6.80. The van der Waals surface area contributed by atoms with Gasteiger partial charge in [-0.15, -0.1) is 0 Å². The number of hydrogen-bond acceptors (Lipinski definition) is 0. The molecule has 0 heteroatoms. The van der Waals surface area contributed by atoms with E-state index in [0.29, 0.717) is 0 Å². The minimum absolute atomic E-state index is 0.282. The first-order chi connectivity index (χ1) is 13.4. The maximum atomic E-state index is 2.68. The van der Waals surface area contributed by atoms with Crippen molar-refractivity contribution in [2.24, 2.45) is 5.41 Å². The first-order valence-electron chi connectivity index (χ1n) is 11.9. The lowest BCUT2D eigenvalue weighted by molar-refractivity contribution is 0.392. The van der Waals surface area contributed by atoms with Gasteiger partial charge in [0.15, 0.2) is 0 Å². The van der Waals surface area contributed by atoms with Crippen LogP contribution in [-0.2, 0) is 0 Å². The Balaban J connectivity index is 1.74.